The summed E-state index contributed by atoms with van der Waals surface area (Å²) in [6.45, 7) is 6.30. The average Bonchev–Trinajstić information content (AvgIpc) is 3.01. The van der Waals surface area contributed by atoms with E-state index in [9.17, 15) is 4.39 Å². The maximum Gasteiger partial charge on any atom is 0.191 e. The zero-order valence-corrected chi connectivity index (χ0v) is 15.8. The van der Waals surface area contributed by atoms with Crippen molar-refractivity contribution >= 4 is 17.3 Å². The number of thiazole rings is 1. The molecular formula is C18H25FN4OS. The summed E-state index contributed by atoms with van der Waals surface area (Å²) < 4.78 is 18.7. The number of hydrogen-bond donors (Lipinski definition) is 2. The molecule has 0 spiro atoms. The van der Waals surface area contributed by atoms with E-state index < -0.39 is 0 Å². The van der Waals surface area contributed by atoms with E-state index in [1.54, 1.807) is 30.6 Å². The minimum Gasteiger partial charge on any atom is -0.380 e. The largest absolute Gasteiger partial charge is 0.380 e. The van der Waals surface area contributed by atoms with Crippen molar-refractivity contribution in [3.63, 3.8) is 0 Å². The third-order valence-corrected chi connectivity index (χ3v) is 4.34. The maximum atomic E-state index is 13.7. The Morgan fingerprint density at radius 1 is 1.36 bits per heavy atom. The summed E-state index contributed by atoms with van der Waals surface area (Å²) in [4.78, 5) is 9.02. The van der Waals surface area contributed by atoms with Gasteiger partial charge in [-0.2, -0.15) is 0 Å². The Kier molecular flexibility index (Phi) is 7.81. The van der Waals surface area contributed by atoms with Crippen LogP contribution in [-0.2, 0) is 24.3 Å². The van der Waals surface area contributed by atoms with Crippen LogP contribution in [0, 0.1) is 12.7 Å². The van der Waals surface area contributed by atoms with E-state index in [1.807, 2.05) is 13.8 Å². The minimum absolute atomic E-state index is 0.252. The number of rotatable bonds is 8. The smallest absolute Gasteiger partial charge is 0.191 e. The number of guanidine groups is 1. The zero-order chi connectivity index (χ0) is 18.1. The maximum absolute atomic E-state index is 13.7. The highest BCUT2D eigenvalue weighted by Crippen LogP contribution is 2.12. The fraction of sp³-hybridized carbons (Fsp3) is 0.444. The third-order valence-electron chi connectivity index (χ3n) is 3.51. The number of ether oxygens (including phenoxy) is 1. The molecular weight excluding hydrogens is 339 g/mol. The molecule has 0 radical (unpaired) electrons. The molecule has 0 saturated heterocycles. The molecule has 25 heavy (non-hydrogen) atoms. The van der Waals surface area contributed by atoms with E-state index in [4.69, 9.17) is 4.74 Å². The number of aromatic nitrogens is 1. The van der Waals surface area contributed by atoms with Crippen LogP contribution in [-0.4, -0.2) is 31.1 Å². The topological polar surface area (TPSA) is 58.5 Å². The van der Waals surface area contributed by atoms with E-state index in [-0.39, 0.29) is 12.4 Å². The van der Waals surface area contributed by atoms with Gasteiger partial charge in [-0.3, -0.25) is 0 Å². The lowest BCUT2D eigenvalue weighted by Gasteiger charge is -2.11. The van der Waals surface area contributed by atoms with Gasteiger partial charge in [0.15, 0.2) is 5.96 Å². The van der Waals surface area contributed by atoms with Crippen LogP contribution in [0.15, 0.2) is 28.6 Å². The lowest BCUT2D eigenvalue weighted by atomic mass is 10.1. The van der Waals surface area contributed by atoms with Gasteiger partial charge in [0.1, 0.15) is 5.82 Å². The molecule has 136 valence electrons. The van der Waals surface area contributed by atoms with Crippen molar-refractivity contribution < 1.29 is 9.13 Å². The van der Waals surface area contributed by atoms with E-state index >= 15 is 0 Å². The van der Waals surface area contributed by atoms with Crippen LogP contribution in [0.5, 0.6) is 0 Å². The SMILES string of the molecule is CCNC(=NCc1ccc(F)c(COC)c1)NCCc1csc(C)n1. The number of benzene rings is 1. The molecule has 0 unspecified atom stereocenters. The van der Waals surface area contributed by atoms with Crippen molar-refractivity contribution in [1.82, 2.24) is 15.6 Å². The van der Waals surface area contributed by atoms with Crippen LogP contribution in [0.1, 0.15) is 28.8 Å². The molecule has 7 heteroatoms. The van der Waals surface area contributed by atoms with Gasteiger partial charge < -0.3 is 15.4 Å². The summed E-state index contributed by atoms with van der Waals surface area (Å²) in [7, 11) is 1.56. The summed E-state index contributed by atoms with van der Waals surface area (Å²) in [6, 6.07) is 5.01. The summed E-state index contributed by atoms with van der Waals surface area (Å²) in [5, 5.41) is 9.68. The summed E-state index contributed by atoms with van der Waals surface area (Å²) in [5.41, 5.74) is 2.58. The predicted octanol–water partition coefficient (Wildman–Crippen LogP) is 3.03. The first-order valence-corrected chi connectivity index (χ1v) is 9.19. The number of aliphatic imine (C=N–C) groups is 1. The molecule has 1 aromatic carbocycles. The van der Waals surface area contributed by atoms with E-state index in [0.717, 1.165) is 41.7 Å². The Hall–Kier alpha value is -1.99. The number of hydrogen-bond acceptors (Lipinski definition) is 4. The lowest BCUT2D eigenvalue weighted by molar-refractivity contribution is 0.181. The van der Waals surface area contributed by atoms with Crippen molar-refractivity contribution in [3.8, 4) is 0 Å². The first-order chi connectivity index (χ1) is 12.1. The van der Waals surface area contributed by atoms with Crippen LogP contribution in [0.2, 0.25) is 0 Å². The Balaban J connectivity index is 1.93. The molecule has 2 rings (SSSR count). The Morgan fingerprint density at radius 2 is 2.20 bits per heavy atom. The Labute approximate surface area is 152 Å². The fourth-order valence-electron chi connectivity index (χ4n) is 2.34. The molecule has 1 aromatic heterocycles. The third kappa shape index (κ3) is 6.43. The molecule has 0 fully saturated rings. The van der Waals surface area contributed by atoms with E-state index in [1.165, 1.54) is 6.07 Å². The van der Waals surface area contributed by atoms with Crippen LogP contribution in [0.4, 0.5) is 4.39 Å². The minimum atomic E-state index is -0.252. The van der Waals surface area contributed by atoms with E-state index in [2.05, 4.69) is 26.0 Å². The number of aryl methyl sites for hydroxylation is 1. The molecule has 0 bridgehead atoms. The van der Waals surface area contributed by atoms with Gasteiger partial charge in [-0.15, -0.1) is 11.3 Å². The molecule has 0 aliphatic carbocycles. The molecule has 0 amide bonds. The number of methoxy groups -OCH3 is 1. The van der Waals surface area contributed by atoms with Gasteiger partial charge in [0.25, 0.3) is 0 Å². The molecule has 0 aliphatic heterocycles. The number of halogens is 1. The second kappa shape index (κ2) is 10.1. The molecule has 2 N–H and O–H groups in total. The molecule has 0 saturated carbocycles. The van der Waals surface area contributed by atoms with Gasteiger partial charge in [-0.1, -0.05) is 6.07 Å². The van der Waals surface area contributed by atoms with Gasteiger partial charge in [0, 0.05) is 37.6 Å². The molecule has 5 nitrogen and oxygen atoms in total. The number of nitrogens with one attached hydrogen (secondary N) is 2. The van der Waals surface area contributed by atoms with Gasteiger partial charge in [0.2, 0.25) is 0 Å². The second-order valence-corrected chi connectivity index (χ2v) is 6.65. The number of nitrogens with zero attached hydrogens (tertiary/aromatic N) is 2. The van der Waals surface area contributed by atoms with Crippen molar-refractivity contribution in [1.29, 1.82) is 0 Å². The highest BCUT2D eigenvalue weighted by Gasteiger charge is 2.04. The van der Waals surface area contributed by atoms with Crippen LogP contribution >= 0.6 is 11.3 Å². The Morgan fingerprint density at radius 3 is 2.88 bits per heavy atom. The van der Waals surface area contributed by atoms with Gasteiger partial charge in [-0.05, 0) is 31.5 Å². The van der Waals surface area contributed by atoms with Crippen LogP contribution in [0.25, 0.3) is 0 Å². The predicted molar refractivity (Wildman–Crippen MR) is 100 cm³/mol. The van der Waals surface area contributed by atoms with Crippen molar-refractivity contribution in [2.24, 2.45) is 4.99 Å². The van der Waals surface area contributed by atoms with Crippen molar-refractivity contribution in [2.75, 3.05) is 20.2 Å². The molecule has 0 aliphatic rings. The fourth-order valence-corrected chi connectivity index (χ4v) is 2.98. The normalized spacial score (nSPS) is 11.6. The van der Waals surface area contributed by atoms with Gasteiger partial charge in [0.05, 0.1) is 23.9 Å². The first kappa shape index (κ1) is 19.3. The van der Waals surface area contributed by atoms with Crippen LogP contribution < -0.4 is 10.6 Å². The van der Waals surface area contributed by atoms with Crippen molar-refractivity contribution in [2.45, 2.75) is 33.4 Å². The van der Waals surface area contributed by atoms with E-state index in [0.29, 0.717) is 12.1 Å². The average molecular weight is 364 g/mol. The zero-order valence-electron chi connectivity index (χ0n) is 14.9. The quantitative estimate of drug-likeness (QED) is 0.558. The standard InChI is InChI=1S/C18H25FN4OS/c1-4-20-18(21-8-7-16-12-25-13(2)23-16)22-10-14-5-6-17(19)15(9-14)11-24-3/h5-6,9,12H,4,7-8,10-11H2,1-3H3,(H2,20,21,22). The summed E-state index contributed by atoms with van der Waals surface area (Å²) >= 11 is 1.66. The molecule has 1 heterocycles. The van der Waals surface area contributed by atoms with Gasteiger partial charge >= 0.3 is 0 Å². The highest BCUT2D eigenvalue weighted by molar-refractivity contribution is 7.09. The molecule has 2 aromatic rings. The Bertz CT molecular complexity index is 702. The second-order valence-electron chi connectivity index (χ2n) is 5.59. The van der Waals surface area contributed by atoms with Gasteiger partial charge in [-0.25, -0.2) is 14.4 Å². The molecule has 0 atom stereocenters. The van der Waals surface area contributed by atoms with Crippen LogP contribution in [0.3, 0.4) is 0 Å². The monoisotopic (exact) mass is 364 g/mol. The highest BCUT2D eigenvalue weighted by atomic mass is 32.1. The van der Waals surface area contributed by atoms with Crippen molar-refractivity contribution in [3.05, 3.63) is 51.2 Å². The summed E-state index contributed by atoms with van der Waals surface area (Å²) in [5.74, 6) is 0.491. The first-order valence-electron chi connectivity index (χ1n) is 8.31. The summed E-state index contributed by atoms with van der Waals surface area (Å²) in [6.07, 6.45) is 0.850. The lowest BCUT2D eigenvalue weighted by Crippen LogP contribution is -2.38.